The van der Waals surface area contributed by atoms with E-state index < -0.39 is 0 Å². The van der Waals surface area contributed by atoms with Gasteiger partial charge in [0.1, 0.15) is 5.75 Å². The van der Waals surface area contributed by atoms with E-state index in [1.54, 1.807) is 18.8 Å². The Balaban J connectivity index is 1.37. The van der Waals surface area contributed by atoms with Gasteiger partial charge in [-0.3, -0.25) is 9.79 Å². The molecule has 1 aromatic heterocycles. The molecule has 3 heterocycles. The number of nitrogens with zero attached hydrogens (tertiary/aromatic N) is 3. The fourth-order valence-corrected chi connectivity index (χ4v) is 5.83. The minimum atomic E-state index is -0.159. The highest BCUT2D eigenvalue weighted by Gasteiger charge is 2.19. The number of fused-ring (bicyclic) bond motifs is 3. The van der Waals surface area contributed by atoms with Crippen LogP contribution in [0.4, 0.5) is 17.1 Å². The van der Waals surface area contributed by atoms with Gasteiger partial charge in [-0.25, -0.2) is 4.68 Å². The Hall–Kier alpha value is -3.82. The maximum atomic E-state index is 11.8. The quantitative estimate of drug-likeness (QED) is 0.319. The van der Waals surface area contributed by atoms with E-state index in [1.165, 1.54) is 21.1 Å². The van der Waals surface area contributed by atoms with Crippen LogP contribution in [0.5, 0.6) is 5.75 Å². The van der Waals surface area contributed by atoms with E-state index in [9.17, 15) is 4.79 Å². The fourth-order valence-electron chi connectivity index (χ4n) is 4.06. The maximum Gasteiger partial charge on any atom is 0.262 e. The summed E-state index contributed by atoms with van der Waals surface area (Å²) in [6, 6.07) is 20.4. The summed E-state index contributed by atoms with van der Waals surface area (Å²) >= 11 is 3.28. The molecule has 3 aromatic carbocycles. The van der Waals surface area contributed by atoms with Crippen LogP contribution in [0.3, 0.4) is 0 Å². The highest BCUT2D eigenvalue weighted by atomic mass is 32.2. The van der Waals surface area contributed by atoms with Crippen LogP contribution in [0.1, 0.15) is 12.5 Å². The first-order valence-electron chi connectivity index (χ1n) is 11.0. The number of carbonyl (C=O) groups excluding carboxylic acids is 1. The lowest BCUT2D eigenvalue weighted by Gasteiger charge is -2.21. The first kappa shape index (κ1) is 21.7. The van der Waals surface area contributed by atoms with Gasteiger partial charge in [0.25, 0.3) is 5.91 Å². The normalized spacial score (nSPS) is 14.9. The Morgan fingerprint density at radius 3 is 2.74 bits per heavy atom. The van der Waals surface area contributed by atoms with E-state index in [-0.39, 0.29) is 12.5 Å². The van der Waals surface area contributed by atoms with E-state index in [1.807, 2.05) is 41.2 Å². The molecule has 9 heteroatoms. The molecule has 2 aliphatic rings. The largest absolute Gasteiger partial charge is 0.482 e. The number of hydrogen-bond acceptors (Lipinski definition) is 7. The summed E-state index contributed by atoms with van der Waals surface area (Å²) in [5.74, 6) is 0.504. The van der Waals surface area contributed by atoms with Crippen LogP contribution in [0.2, 0.25) is 0 Å². The third-order valence-corrected chi connectivity index (χ3v) is 7.87. The Labute approximate surface area is 210 Å². The second kappa shape index (κ2) is 8.75. The molecule has 0 saturated carbocycles. The van der Waals surface area contributed by atoms with Crippen molar-refractivity contribution in [3.8, 4) is 17.0 Å². The van der Waals surface area contributed by atoms with Crippen LogP contribution in [-0.4, -0.2) is 29.9 Å². The summed E-state index contributed by atoms with van der Waals surface area (Å²) < 4.78 is 7.35. The van der Waals surface area contributed by atoms with Gasteiger partial charge in [0.05, 0.1) is 28.5 Å². The van der Waals surface area contributed by atoms with Gasteiger partial charge in [-0.15, -0.1) is 11.3 Å². The van der Waals surface area contributed by atoms with Crippen molar-refractivity contribution in [2.24, 2.45) is 10.1 Å². The molecule has 0 atom stereocenters. The molecule has 35 heavy (non-hydrogen) atoms. The minimum absolute atomic E-state index is 0.0346. The Morgan fingerprint density at radius 2 is 1.86 bits per heavy atom. The van der Waals surface area contributed by atoms with Gasteiger partial charge in [0.15, 0.2) is 6.61 Å². The van der Waals surface area contributed by atoms with Crippen molar-refractivity contribution < 1.29 is 9.53 Å². The van der Waals surface area contributed by atoms with Crippen molar-refractivity contribution in [2.45, 2.75) is 16.7 Å². The lowest BCUT2D eigenvalue weighted by atomic mass is 10.1. The molecular weight excluding hydrogens is 478 g/mol. The third kappa shape index (κ3) is 4.02. The van der Waals surface area contributed by atoms with Crippen LogP contribution >= 0.6 is 23.1 Å². The monoisotopic (exact) mass is 499 g/mol. The zero-order valence-corrected chi connectivity index (χ0v) is 20.7. The predicted molar refractivity (Wildman–Crippen MR) is 141 cm³/mol. The molecule has 0 fully saturated rings. The van der Waals surface area contributed by atoms with Crippen molar-refractivity contribution in [3.63, 3.8) is 0 Å². The zero-order chi connectivity index (χ0) is 23.9. The number of amides is 1. The summed E-state index contributed by atoms with van der Waals surface area (Å²) in [5, 5.41) is 13.4. The molecule has 4 aromatic rings. The SMILES string of the molecule is CN=c1scc(-c2ccc3c(c2)NC(=O)CO3)n1/N=C(\C)c1ccc2c(c1)Nc1ccccc1S2. The highest BCUT2D eigenvalue weighted by molar-refractivity contribution is 7.99. The average molecular weight is 500 g/mol. The molecule has 1 amide bonds. The number of hydrogen-bond donors (Lipinski definition) is 2. The number of rotatable bonds is 3. The summed E-state index contributed by atoms with van der Waals surface area (Å²) in [5.41, 5.74) is 6.53. The van der Waals surface area contributed by atoms with Gasteiger partial charge < -0.3 is 15.4 Å². The molecule has 2 aliphatic heterocycles. The highest BCUT2D eigenvalue weighted by Crippen LogP contribution is 2.44. The number of anilines is 3. The van der Waals surface area contributed by atoms with E-state index in [0.717, 1.165) is 38.7 Å². The van der Waals surface area contributed by atoms with E-state index in [4.69, 9.17) is 9.84 Å². The number of aromatic nitrogens is 1. The lowest BCUT2D eigenvalue weighted by Crippen LogP contribution is -2.25. The number of nitrogens with one attached hydrogen (secondary N) is 2. The lowest BCUT2D eigenvalue weighted by molar-refractivity contribution is -0.118. The van der Waals surface area contributed by atoms with Crippen LogP contribution in [-0.2, 0) is 4.79 Å². The number of ether oxygens (including phenoxy) is 1. The smallest absolute Gasteiger partial charge is 0.262 e. The molecule has 0 aliphatic carbocycles. The summed E-state index contributed by atoms with van der Waals surface area (Å²) in [4.78, 5) is 19.4. The van der Waals surface area contributed by atoms with Crippen LogP contribution < -0.4 is 20.2 Å². The average Bonchev–Trinajstić information content (AvgIpc) is 3.29. The van der Waals surface area contributed by atoms with Crippen molar-refractivity contribution in [1.82, 2.24) is 4.68 Å². The molecule has 6 rings (SSSR count). The first-order chi connectivity index (χ1) is 17.1. The third-order valence-electron chi connectivity index (χ3n) is 5.81. The maximum absolute atomic E-state index is 11.8. The number of para-hydroxylation sites is 1. The van der Waals surface area contributed by atoms with Gasteiger partial charge >= 0.3 is 0 Å². The Kier molecular flexibility index (Phi) is 5.43. The van der Waals surface area contributed by atoms with Gasteiger partial charge in [0, 0.05) is 27.8 Å². The van der Waals surface area contributed by atoms with Crippen molar-refractivity contribution in [2.75, 3.05) is 24.3 Å². The van der Waals surface area contributed by atoms with E-state index in [2.05, 4.69) is 52.0 Å². The summed E-state index contributed by atoms with van der Waals surface area (Å²) in [6.07, 6.45) is 0. The topological polar surface area (TPSA) is 80.0 Å². The molecule has 0 bridgehead atoms. The molecule has 0 saturated heterocycles. The van der Waals surface area contributed by atoms with Crippen molar-refractivity contribution >= 4 is 51.8 Å². The minimum Gasteiger partial charge on any atom is -0.482 e. The molecule has 0 unspecified atom stereocenters. The molecule has 2 N–H and O–H groups in total. The van der Waals surface area contributed by atoms with Gasteiger partial charge in [0.2, 0.25) is 4.80 Å². The number of carbonyl (C=O) groups is 1. The standard InChI is InChI=1S/C26H21N5O2S2/c1-15(16-8-10-24-20(11-16)28-18-5-3-4-6-23(18)35-24)30-31-21(14-34-26(31)27-2)17-7-9-22-19(12-17)29-25(32)13-33-22/h3-12,14,28H,13H2,1-2H3,(H,29,32)/b27-26?,30-15+. The number of thiazole rings is 1. The zero-order valence-electron chi connectivity index (χ0n) is 19.0. The Bertz CT molecular complexity index is 1580. The Morgan fingerprint density at radius 1 is 1.00 bits per heavy atom. The summed E-state index contributed by atoms with van der Waals surface area (Å²) in [6.45, 7) is 2.04. The van der Waals surface area contributed by atoms with Crippen molar-refractivity contribution in [3.05, 3.63) is 76.4 Å². The first-order valence-corrected chi connectivity index (χ1v) is 12.7. The molecule has 7 nitrogen and oxygen atoms in total. The molecule has 0 spiro atoms. The van der Waals surface area contributed by atoms with Gasteiger partial charge in [-0.1, -0.05) is 30.0 Å². The van der Waals surface area contributed by atoms with E-state index >= 15 is 0 Å². The van der Waals surface area contributed by atoms with Gasteiger partial charge in [-0.05, 0) is 55.0 Å². The van der Waals surface area contributed by atoms with Crippen LogP contribution in [0.25, 0.3) is 11.3 Å². The molecular formula is C26H21N5O2S2. The predicted octanol–water partition coefficient (Wildman–Crippen LogP) is 5.56. The van der Waals surface area contributed by atoms with Gasteiger partial charge in [-0.2, -0.15) is 5.10 Å². The second-order valence-corrected chi connectivity index (χ2v) is 10.0. The van der Waals surface area contributed by atoms with Crippen molar-refractivity contribution in [1.29, 1.82) is 0 Å². The van der Waals surface area contributed by atoms with E-state index in [0.29, 0.717) is 11.4 Å². The fraction of sp³-hybridized carbons (Fsp3) is 0.115. The molecule has 174 valence electrons. The van der Waals surface area contributed by atoms with Crippen LogP contribution in [0.15, 0.2) is 85.9 Å². The molecule has 0 radical (unpaired) electrons. The second-order valence-electron chi connectivity index (χ2n) is 8.11. The summed E-state index contributed by atoms with van der Waals surface area (Å²) in [7, 11) is 1.76. The number of benzene rings is 3. The van der Waals surface area contributed by atoms with Crippen LogP contribution in [0, 0.1) is 0 Å².